The molecule has 0 saturated carbocycles. The molecule has 1 saturated heterocycles. The van der Waals surface area contributed by atoms with Crippen LogP contribution in [0.15, 0.2) is 52.2 Å². The third-order valence-corrected chi connectivity index (χ3v) is 10.1. The molecule has 0 aromatic heterocycles. The minimum atomic E-state index is -4.41. The van der Waals surface area contributed by atoms with Gasteiger partial charge >= 0.3 is 25.7 Å². The fourth-order valence-electron chi connectivity index (χ4n) is 5.57. The summed E-state index contributed by atoms with van der Waals surface area (Å²) in [5.74, 6) is -3.05. The molecule has 16 nitrogen and oxygen atoms in total. The molecule has 53 heavy (non-hydrogen) atoms. The van der Waals surface area contributed by atoms with Crippen molar-refractivity contribution in [3.05, 3.63) is 42.1 Å². The van der Waals surface area contributed by atoms with Gasteiger partial charge in [0.2, 0.25) is 5.91 Å². The van der Waals surface area contributed by atoms with Gasteiger partial charge in [0.25, 0.3) is 0 Å². The Morgan fingerprint density at radius 2 is 1.58 bits per heavy atom. The van der Waals surface area contributed by atoms with Gasteiger partial charge in [-0.05, 0) is 46.2 Å². The average Bonchev–Trinajstić information content (AvgIpc) is 3.63. The maximum absolute atomic E-state index is 14.5. The van der Waals surface area contributed by atoms with Gasteiger partial charge in [0.15, 0.2) is 18.0 Å². The third-order valence-electron chi connectivity index (χ3n) is 8.48. The summed E-state index contributed by atoms with van der Waals surface area (Å²) in [7, 11) is -4.41. The number of amides is 1. The predicted molar refractivity (Wildman–Crippen MR) is 194 cm³/mol. The highest BCUT2D eigenvalue weighted by atomic mass is 31.2. The van der Waals surface area contributed by atoms with Crippen molar-refractivity contribution in [1.29, 1.82) is 0 Å². The molecule has 3 aliphatic rings. The number of esters is 3. The maximum Gasteiger partial charge on any atom is 0.459 e. The summed E-state index contributed by atoms with van der Waals surface area (Å²) in [6.07, 6.45) is -0.453. The summed E-state index contributed by atoms with van der Waals surface area (Å²) in [4.78, 5) is 56.1. The summed E-state index contributed by atoms with van der Waals surface area (Å²) >= 11 is 0. The summed E-state index contributed by atoms with van der Waals surface area (Å²) < 4.78 is 50.5. The summed E-state index contributed by atoms with van der Waals surface area (Å²) in [5.41, 5.74) is -1.10. The number of ether oxygens (including phenoxy) is 4. The Hall–Kier alpha value is -4.11. The second kappa shape index (κ2) is 17.4. The molecule has 0 aliphatic carbocycles. The van der Waals surface area contributed by atoms with Gasteiger partial charge in [-0.1, -0.05) is 65.8 Å². The number of rotatable bonds is 15. The minimum absolute atomic E-state index is 0.184. The molecule has 2 N–H and O–H groups in total. The monoisotopic (exact) mass is 761 g/mol. The van der Waals surface area contributed by atoms with Crippen molar-refractivity contribution < 1.29 is 51.7 Å². The molecule has 1 aromatic rings. The second-order valence-corrected chi connectivity index (χ2v) is 16.3. The van der Waals surface area contributed by atoms with E-state index in [0.29, 0.717) is 18.0 Å². The zero-order valence-electron chi connectivity index (χ0n) is 31.9. The Kier molecular flexibility index (Phi) is 13.6. The smallest absolute Gasteiger partial charge is 0.459 e. The number of aliphatic imine (C=N–C) groups is 1. The van der Waals surface area contributed by atoms with Crippen LogP contribution in [0.3, 0.4) is 0 Å². The third kappa shape index (κ3) is 10.3. The molecule has 0 radical (unpaired) electrons. The van der Waals surface area contributed by atoms with E-state index >= 15 is 0 Å². The van der Waals surface area contributed by atoms with Crippen LogP contribution in [0.25, 0.3) is 0 Å². The SMILES string of the molecule is CC(C)OC(=O)[C@H](C)N[P@](=O)(OC[C@@]1(C)O[C@@H](C2CC=C3C(NC(=O)C(C)C)=NC=NN32)[C@H](OC(=O)C(C)C)[C@@H]1OC(=O)C(C)C)Oc1ccccc1. The largest absolute Gasteiger partial charge is 0.462 e. The first kappa shape index (κ1) is 41.6. The van der Waals surface area contributed by atoms with Crippen LogP contribution >= 0.6 is 7.75 Å². The Morgan fingerprint density at radius 1 is 0.943 bits per heavy atom. The van der Waals surface area contributed by atoms with Gasteiger partial charge in [0, 0.05) is 5.92 Å². The van der Waals surface area contributed by atoms with Gasteiger partial charge in [-0.25, -0.2) is 9.56 Å². The Bertz CT molecular complexity index is 1650. The molecule has 7 atom stereocenters. The van der Waals surface area contributed by atoms with Crippen LogP contribution in [0, 0.1) is 17.8 Å². The van der Waals surface area contributed by atoms with Gasteiger partial charge in [-0.15, -0.1) is 0 Å². The molecule has 0 bridgehead atoms. The maximum atomic E-state index is 14.5. The molecular formula is C36H52N5O11P. The molecule has 1 fully saturated rings. The fraction of sp³-hybridized carbons (Fsp3) is 0.611. The van der Waals surface area contributed by atoms with E-state index in [-0.39, 0.29) is 17.6 Å². The van der Waals surface area contributed by atoms with E-state index in [1.165, 1.54) is 13.3 Å². The number of benzene rings is 1. The Labute approximate surface area is 310 Å². The summed E-state index contributed by atoms with van der Waals surface area (Å²) in [6, 6.07) is 6.47. The van der Waals surface area contributed by atoms with E-state index in [1.807, 2.05) is 6.08 Å². The predicted octanol–water partition coefficient (Wildman–Crippen LogP) is 4.50. The standard InChI is InChI=1S/C36H52N5O11P/c1-20(2)32(42)39-31-27-17-16-26(41(27)38-19-37-31)28-29(49-33(43)21(3)4)30(50-34(44)22(5)6)36(10,51-28)18-47-53(46,52-25-14-12-11-13-15-25)40-24(9)35(45)48-23(7)8/h11-15,17,19-24,26,28-30H,16,18H2,1-10H3,(H,40,46)(H,37,38,39,42)/t24-,26?,28-,29-,30-,36+,53-/m0/s1. The highest BCUT2D eigenvalue weighted by molar-refractivity contribution is 7.52. The quantitative estimate of drug-likeness (QED) is 0.144. The fourth-order valence-corrected chi connectivity index (χ4v) is 7.16. The van der Waals surface area contributed by atoms with Crippen molar-refractivity contribution in [2.24, 2.45) is 27.8 Å². The van der Waals surface area contributed by atoms with Gasteiger partial charge in [-0.2, -0.15) is 10.2 Å². The van der Waals surface area contributed by atoms with Gasteiger partial charge in [0.05, 0.1) is 36.3 Å². The molecule has 1 amide bonds. The number of fused-ring (bicyclic) bond motifs is 1. The summed E-state index contributed by atoms with van der Waals surface area (Å²) in [5, 5.41) is 11.6. The molecule has 1 aromatic carbocycles. The van der Waals surface area contributed by atoms with E-state index in [2.05, 4.69) is 20.5 Å². The van der Waals surface area contributed by atoms with Crippen LogP contribution < -0.4 is 14.9 Å². The summed E-state index contributed by atoms with van der Waals surface area (Å²) in [6.45, 7) is 16.1. The number of hydrogen-bond donors (Lipinski definition) is 2. The molecule has 4 rings (SSSR count). The molecule has 292 valence electrons. The van der Waals surface area contributed by atoms with Crippen LogP contribution in [0.1, 0.15) is 75.7 Å². The van der Waals surface area contributed by atoms with Crippen molar-refractivity contribution in [3.8, 4) is 5.75 Å². The van der Waals surface area contributed by atoms with Crippen LogP contribution in [0.4, 0.5) is 0 Å². The van der Waals surface area contributed by atoms with Crippen LogP contribution in [0.5, 0.6) is 5.75 Å². The lowest BCUT2D eigenvalue weighted by Gasteiger charge is -2.33. The lowest BCUT2D eigenvalue weighted by molar-refractivity contribution is -0.175. The van der Waals surface area contributed by atoms with Gasteiger partial charge in [-0.3, -0.25) is 28.7 Å². The highest BCUT2D eigenvalue weighted by Gasteiger charge is 2.61. The van der Waals surface area contributed by atoms with Crippen LogP contribution in [-0.2, 0) is 47.2 Å². The van der Waals surface area contributed by atoms with Crippen molar-refractivity contribution in [3.63, 3.8) is 0 Å². The minimum Gasteiger partial charge on any atom is -0.462 e. The zero-order chi connectivity index (χ0) is 39.2. The lowest BCUT2D eigenvalue weighted by Crippen LogP contribution is -2.51. The number of para-hydroxylation sites is 1. The van der Waals surface area contributed by atoms with Crippen LogP contribution in [0.2, 0.25) is 0 Å². The topological polar surface area (TPSA) is 193 Å². The zero-order valence-corrected chi connectivity index (χ0v) is 32.8. The first-order chi connectivity index (χ1) is 24.8. The number of carbonyl (C=O) groups excluding carboxylic acids is 4. The number of amidine groups is 1. The molecule has 17 heteroatoms. The van der Waals surface area contributed by atoms with E-state index in [4.69, 9.17) is 28.0 Å². The van der Waals surface area contributed by atoms with Crippen molar-refractivity contribution in [2.75, 3.05) is 6.61 Å². The van der Waals surface area contributed by atoms with E-state index in [9.17, 15) is 23.7 Å². The molecule has 3 heterocycles. The number of hydrogen-bond acceptors (Lipinski definition) is 14. The molecule has 3 aliphatic heterocycles. The van der Waals surface area contributed by atoms with Crippen molar-refractivity contribution >= 4 is 43.7 Å². The van der Waals surface area contributed by atoms with Gasteiger partial charge < -0.3 is 28.8 Å². The molecular weight excluding hydrogens is 709 g/mol. The Balaban J connectivity index is 1.71. The van der Waals surface area contributed by atoms with Gasteiger partial charge in [0.1, 0.15) is 29.8 Å². The number of hydrazone groups is 1. The van der Waals surface area contributed by atoms with Crippen molar-refractivity contribution in [2.45, 2.75) is 118 Å². The number of nitrogens with zero attached hydrogens (tertiary/aromatic N) is 3. The average molecular weight is 762 g/mol. The highest BCUT2D eigenvalue weighted by Crippen LogP contribution is 2.49. The molecule has 1 unspecified atom stereocenters. The first-order valence-corrected chi connectivity index (χ1v) is 19.4. The molecule has 0 spiro atoms. The van der Waals surface area contributed by atoms with Crippen LogP contribution in [-0.4, -0.2) is 89.7 Å². The van der Waals surface area contributed by atoms with E-state index in [1.54, 1.807) is 97.7 Å². The first-order valence-electron chi connectivity index (χ1n) is 17.8. The number of carbonyl (C=O) groups is 4. The Morgan fingerprint density at radius 3 is 2.19 bits per heavy atom. The van der Waals surface area contributed by atoms with E-state index in [0.717, 1.165) is 0 Å². The normalized spacial score (nSPS) is 25.4. The number of nitrogens with one attached hydrogen (secondary N) is 2. The second-order valence-electron chi connectivity index (χ2n) is 14.6. The lowest BCUT2D eigenvalue weighted by atomic mass is 9.94. The van der Waals surface area contributed by atoms with E-state index < -0.39 is 86.2 Å². The van der Waals surface area contributed by atoms with Crippen molar-refractivity contribution in [1.82, 2.24) is 15.4 Å².